The quantitative estimate of drug-likeness (QED) is 0.812. The molecule has 0 radical (unpaired) electrons. The molecule has 0 saturated carbocycles. The smallest absolute Gasteiger partial charge is 0.0897 e. The molecule has 0 aliphatic heterocycles. The lowest BCUT2D eigenvalue weighted by atomic mass is 10.0. The Kier molecular flexibility index (Phi) is 5.56. The van der Waals surface area contributed by atoms with Gasteiger partial charge in [-0.15, -0.1) is 11.3 Å². The molecule has 0 aliphatic rings. The molecule has 0 spiro atoms. The molecular formula is C13H25N3S. The average molecular weight is 255 g/mol. The molecule has 0 amide bonds. The first-order valence-corrected chi connectivity index (χ1v) is 7.15. The molecule has 0 aliphatic carbocycles. The lowest BCUT2D eigenvalue weighted by Gasteiger charge is -2.26. The van der Waals surface area contributed by atoms with Gasteiger partial charge in [0.2, 0.25) is 0 Å². The third-order valence-corrected chi connectivity index (χ3v) is 3.90. The molecule has 1 rings (SSSR count). The van der Waals surface area contributed by atoms with Crippen LogP contribution in [-0.2, 0) is 6.54 Å². The van der Waals surface area contributed by atoms with Gasteiger partial charge in [0.25, 0.3) is 0 Å². The van der Waals surface area contributed by atoms with E-state index in [-0.39, 0.29) is 5.54 Å². The molecule has 0 bridgehead atoms. The van der Waals surface area contributed by atoms with Crippen molar-refractivity contribution in [1.29, 1.82) is 0 Å². The predicted molar refractivity (Wildman–Crippen MR) is 75.6 cm³/mol. The maximum absolute atomic E-state index is 4.48. The third-order valence-electron chi connectivity index (χ3n) is 3.08. The van der Waals surface area contributed by atoms with Crippen LogP contribution in [0, 0.1) is 6.92 Å². The van der Waals surface area contributed by atoms with Crippen molar-refractivity contribution < 1.29 is 0 Å². The van der Waals surface area contributed by atoms with E-state index < -0.39 is 0 Å². The van der Waals surface area contributed by atoms with Crippen molar-refractivity contribution in [3.63, 3.8) is 0 Å². The molecule has 0 saturated heterocycles. The van der Waals surface area contributed by atoms with Crippen molar-refractivity contribution in [2.24, 2.45) is 0 Å². The minimum absolute atomic E-state index is 0.248. The Morgan fingerprint density at radius 3 is 2.71 bits per heavy atom. The Morgan fingerprint density at radius 1 is 1.47 bits per heavy atom. The number of aryl methyl sites for hydroxylation is 1. The minimum atomic E-state index is 0.248. The average Bonchev–Trinajstić information content (AvgIpc) is 2.63. The van der Waals surface area contributed by atoms with Crippen LogP contribution < -0.4 is 5.32 Å². The molecule has 1 N–H and O–H groups in total. The van der Waals surface area contributed by atoms with Crippen molar-refractivity contribution in [2.75, 3.05) is 20.1 Å². The van der Waals surface area contributed by atoms with Crippen LogP contribution in [0.4, 0.5) is 0 Å². The summed E-state index contributed by atoms with van der Waals surface area (Å²) in [5, 5.41) is 6.87. The molecule has 1 heterocycles. The highest BCUT2D eigenvalue weighted by Gasteiger charge is 2.13. The van der Waals surface area contributed by atoms with Gasteiger partial charge in [-0.05, 0) is 34.2 Å². The Hall–Kier alpha value is -0.450. The van der Waals surface area contributed by atoms with Crippen molar-refractivity contribution in [1.82, 2.24) is 15.2 Å². The van der Waals surface area contributed by atoms with E-state index in [2.05, 4.69) is 55.3 Å². The van der Waals surface area contributed by atoms with E-state index in [1.807, 2.05) is 0 Å². The maximum Gasteiger partial charge on any atom is 0.0897 e. The molecule has 98 valence electrons. The Labute approximate surface area is 109 Å². The zero-order valence-corrected chi connectivity index (χ0v) is 12.5. The fraction of sp³-hybridized carbons (Fsp3) is 0.769. The molecule has 0 fully saturated rings. The SMILES string of the molecule is CCC(C)(C)NCCN(C)Cc1csc(C)n1. The van der Waals surface area contributed by atoms with E-state index >= 15 is 0 Å². The molecular weight excluding hydrogens is 230 g/mol. The molecule has 0 unspecified atom stereocenters. The number of nitrogens with zero attached hydrogens (tertiary/aromatic N) is 2. The summed E-state index contributed by atoms with van der Waals surface area (Å²) >= 11 is 1.72. The standard InChI is InChI=1S/C13H25N3S/c1-6-13(3,4)14-7-8-16(5)9-12-10-17-11(2)15-12/h10,14H,6-9H2,1-5H3. The van der Waals surface area contributed by atoms with Gasteiger partial charge in [-0.25, -0.2) is 4.98 Å². The Morgan fingerprint density at radius 2 is 2.18 bits per heavy atom. The van der Waals surface area contributed by atoms with Gasteiger partial charge in [0.05, 0.1) is 10.7 Å². The number of nitrogens with one attached hydrogen (secondary N) is 1. The molecule has 17 heavy (non-hydrogen) atoms. The highest BCUT2D eigenvalue weighted by Crippen LogP contribution is 2.10. The van der Waals surface area contributed by atoms with Crippen LogP contribution in [0.5, 0.6) is 0 Å². The van der Waals surface area contributed by atoms with Crippen LogP contribution in [0.2, 0.25) is 0 Å². The van der Waals surface area contributed by atoms with E-state index in [1.54, 1.807) is 11.3 Å². The number of likely N-dealkylation sites (N-methyl/N-ethyl adjacent to an activating group) is 1. The van der Waals surface area contributed by atoms with Crippen LogP contribution in [-0.4, -0.2) is 35.6 Å². The van der Waals surface area contributed by atoms with Crippen LogP contribution in [0.3, 0.4) is 0 Å². The molecule has 1 aromatic rings. The molecule has 1 aromatic heterocycles. The summed E-state index contributed by atoms with van der Waals surface area (Å²) in [4.78, 5) is 6.79. The molecule has 3 nitrogen and oxygen atoms in total. The Bertz CT molecular complexity index is 333. The first kappa shape index (κ1) is 14.6. The van der Waals surface area contributed by atoms with E-state index in [0.29, 0.717) is 0 Å². The zero-order chi connectivity index (χ0) is 12.9. The summed E-state index contributed by atoms with van der Waals surface area (Å²) < 4.78 is 0. The highest BCUT2D eigenvalue weighted by molar-refractivity contribution is 7.09. The van der Waals surface area contributed by atoms with E-state index in [4.69, 9.17) is 0 Å². The second-order valence-corrected chi connectivity index (χ2v) is 6.32. The van der Waals surface area contributed by atoms with Gasteiger partial charge >= 0.3 is 0 Å². The second-order valence-electron chi connectivity index (χ2n) is 5.26. The van der Waals surface area contributed by atoms with E-state index in [1.165, 1.54) is 5.69 Å². The summed E-state index contributed by atoms with van der Waals surface area (Å²) in [6.07, 6.45) is 1.15. The second kappa shape index (κ2) is 6.47. The van der Waals surface area contributed by atoms with Crippen LogP contribution in [0.15, 0.2) is 5.38 Å². The van der Waals surface area contributed by atoms with Gasteiger partial charge in [-0.1, -0.05) is 6.92 Å². The monoisotopic (exact) mass is 255 g/mol. The van der Waals surface area contributed by atoms with Crippen molar-refractivity contribution in [3.05, 3.63) is 16.1 Å². The number of aromatic nitrogens is 1. The fourth-order valence-electron chi connectivity index (χ4n) is 1.55. The van der Waals surface area contributed by atoms with Gasteiger partial charge in [0.1, 0.15) is 0 Å². The predicted octanol–water partition coefficient (Wildman–Crippen LogP) is 2.66. The van der Waals surface area contributed by atoms with Gasteiger partial charge < -0.3 is 5.32 Å². The number of thiazole rings is 1. The van der Waals surface area contributed by atoms with Gasteiger partial charge in [-0.3, -0.25) is 4.90 Å². The van der Waals surface area contributed by atoms with Crippen molar-refractivity contribution in [2.45, 2.75) is 46.2 Å². The first-order valence-electron chi connectivity index (χ1n) is 6.27. The lowest BCUT2D eigenvalue weighted by molar-refractivity contribution is 0.291. The maximum atomic E-state index is 4.48. The summed E-state index contributed by atoms with van der Waals surface area (Å²) in [7, 11) is 2.15. The topological polar surface area (TPSA) is 28.2 Å². The summed E-state index contributed by atoms with van der Waals surface area (Å²) in [6.45, 7) is 11.8. The third kappa shape index (κ3) is 5.61. The number of hydrogen-bond donors (Lipinski definition) is 1. The molecule has 0 aromatic carbocycles. The zero-order valence-electron chi connectivity index (χ0n) is 11.7. The van der Waals surface area contributed by atoms with Crippen molar-refractivity contribution in [3.8, 4) is 0 Å². The van der Waals surface area contributed by atoms with Crippen LogP contribution in [0.1, 0.15) is 37.9 Å². The van der Waals surface area contributed by atoms with E-state index in [9.17, 15) is 0 Å². The summed E-state index contributed by atoms with van der Waals surface area (Å²) in [6, 6.07) is 0. The van der Waals surface area contributed by atoms with Crippen molar-refractivity contribution >= 4 is 11.3 Å². The number of rotatable bonds is 7. The lowest BCUT2D eigenvalue weighted by Crippen LogP contribution is -2.42. The van der Waals surface area contributed by atoms with E-state index in [0.717, 1.165) is 31.1 Å². The normalized spacial score (nSPS) is 12.4. The molecule has 4 heteroatoms. The fourth-order valence-corrected chi connectivity index (χ4v) is 2.15. The number of hydrogen-bond acceptors (Lipinski definition) is 4. The minimum Gasteiger partial charge on any atom is -0.311 e. The summed E-state index contributed by atoms with van der Waals surface area (Å²) in [5.74, 6) is 0. The Balaban J connectivity index is 2.24. The highest BCUT2D eigenvalue weighted by atomic mass is 32.1. The van der Waals surface area contributed by atoms with Gasteiger partial charge in [0, 0.05) is 30.6 Å². The van der Waals surface area contributed by atoms with Gasteiger partial charge in [0.15, 0.2) is 0 Å². The van der Waals surface area contributed by atoms with Gasteiger partial charge in [-0.2, -0.15) is 0 Å². The van der Waals surface area contributed by atoms with Crippen LogP contribution in [0.25, 0.3) is 0 Å². The van der Waals surface area contributed by atoms with Crippen LogP contribution >= 0.6 is 11.3 Å². The largest absolute Gasteiger partial charge is 0.311 e. The first-order chi connectivity index (χ1) is 7.93. The summed E-state index contributed by atoms with van der Waals surface area (Å²) in [5.41, 5.74) is 1.43. The molecule has 0 atom stereocenters.